The molecule has 0 unspecified atom stereocenters. The van der Waals surface area contributed by atoms with Crippen LogP contribution in [0, 0.1) is 0 Å². The highest BCUT2D eigenvalue weighted by molar-refractivity contribution is 5.82. The molecule has 0 bridgehead atoms. The molecule has 2 heterocycles. The molecule has 0 radical (unpaired) electrons. The van der Waals surface area contributed by atoms with E-state index in [4.69, 9.17) is 9.52 Å². The Kier molecular flexibility index (Phi) is 3.21. The topological polar surface area (TPSA) is 69.8 Å². The number of likely N-dealkylation sites (N-methyl/N-ethyl adjacent to an activating group) is 1. The number of aromatic nitrogens is 1. The molecule has 1 N–H and O–H groups in total. The van der Waals surface area contributed by atoms with Crippen LogP contribution in [-0.2, 0) is 6.54 Å². The van der Waals surface area contributed by atoms with E-state index in [1.807, 2.05) is 0 Å². The van der Waals surface area contributed by atoms with Gasteiger partial charge in [-0.3, -0.25) is 4.90 Å². The SMILES string of the molecule is CN1CCN(Cc2coc(C(=O)O)n2)CC1. The minimum absolute atomic E-state index is 0.232. The molecule has 6 heteroatoms. The van der Waals surface area contributed by atoms with E-state index < -0.39 is 5.97 Å². The van der Waals surface area contributed by atoms with Gasteiger partial charge in [-0.2, -0.15) is 0 Å². The lowest BCUT2D eigenvalue weighted by Crippen LogP contribution is -2.43. The largest absolute Gasteiger partial charge is 0.474 e. The van der Waals surface area contributed by atoms with Gasteiger partial charge in [0.15, 0.2) is 0 Å². The van der Waals surface area contributed by atoms with Crippen molar-refractivity contribution in [2.75, 3.05) is 33.2 Å². The van der Waals surface area contributed by atoms with E-state index in [0.29, 0.717) is 12.2 Å². The number of nitrogens with zero attached hydrogens (tertiary/aromatic N) is 3. The van der Waals surface area contributed by atoms with Gasteiger partial charge in [-0.05, 0) is 7.05 Å². The van der Waals surface area contributed by atoms with Crippen molar-refractivity contribution in [2.45, 2.75) is 6.54 Å². The molecular weight excluding hydrogens is 210 g/mol. The summed E-state index contributed by atoms with van der Waals surface area (Å²) in [7, 11) is 2.09. The van der Waals surface area contributed by atoms with E-state index in [1.165, 1.54) is 6.26 Å². The number of aromatic carboxylic acids is 1. The van der Waals surface area contributed by atoms with Crippen LogP contribution < -0.4 is 0 Å². The first-order valence-corrected chi connectivity index (χ1v) is 5.24. The first-order valence-electron chi connectivity index (χ1n) is 5.24. The molecule has 1 saturated heterocycles. The Morgan fingerprint density at radius 2 is 2.19 bits per heavy atom. The fourth-order valence-electron chi connectivity index (χ4n) is 1.71. The molecular formula is C10H15N3O3. The van der Waals surface area contributed by atoms with Crippen molar-refractivity contribution in [3.63, 3.8) is 0 Å². The summed E-state index contributed by atoms with van der Waals surface area (Å²) in [5, 5.41) is 8.66. The Labute approximate surface area is 93.5 Å². The Morgan fingerprint density at radius 1 is 1.50 bits per heavy atom. The van der Waals surface area contributed by atoms with Gasteiger partial charge in [-0.25, -0.2) is 9.78 Å². The lowest BCUT2D eigenvalue weighted by molar-refractivity contribution is 0.0653. The minimum Gasteiger partial charge on any atom is -0.474 e. The number of rotatable bonds is 3. The maximum atomic E-state index is 10.6. The van der Waals surface area contributed by atoms with E-state index in [2.05, 4.69) is 21.8 Å². The van der Waals surface area contributed by atoms with Gasteiger partial charge in [-0.1, -0.05) is 0 Å². The van der Waals surface area contributed by atoms with Crippen LogP contribution in [0.25, 0.3) is 0 Å². The monoisotopic (exact) mass is 225 g/mol. The Hall–Kier alpha value is -1.40. The van der Waals surface area contributed by atoms with Crippen molar-refractivity contribution in [2.24, 2.45) is 0 Å². The molecule has 88 valence electrons. The van der Waals surface area contributed by atoms with Gasteiger partial charge in [0.05, 0.1) is 5.69 Å². The molecule has 0 atom stereocenters. The average molecular weight is 225 g/mol. The van der Waals surface area contributed by atoms with Gasteiger partial charge in [0.25, 0.3) is 0 Å². The van der Waals surface area contributed by atoms with Crippen LogP contribution in [0.3, 0.4) is 0 Å². The molecule has 1 aromatic heterocycles. The maximum absolute atomic E-state index is 10.6. The number of hydrogen-bond donors (Lipinski definition) is 1. The van der Waals surface area contributed by atoms with Crippen molar-refractivity contribution < 1.29 is 14.3 Å². The summed E-state index contributed by atoms with van der Waals surface area (Å²) in [4.78, 5) is 19.0. The predicted octanol–water partition coefficient (Wildman–Crippen LogP) is 0.120. The average Bonchev–Trinajstić information content (AvgIpc) is 2.70. The highest BCUT2D eigenvalue weighted by atomic mass is 16.4. The highest BCUT2D eigenvalue weighted by Gasteiger charge is 2.17. The van der Waals surface area contributed by atoms with Crippen LogP contribution in [0.2, 0.25) is 0 Å². The Balaban J connectivity index is 1.91. The normalized spacial score (nSPS) is 18.8. The van der Waals surface area contributed by atoms with Crippen LogP contribution in [0.5, 0.6) is 0 Å². The lowest BCUT2D eigenvalue weighted by atomic mass is 10.3. The Bertz CT molecular complexity index is 369. The van der Waals surface area contributed by atoms with Gasteiger partial charge in [-0.15, -0.1) is 0 Å². The summed E-state index contributed by atoms with van der Waals surface area (Å²) in [6.07, 6.45) is 1.42. The summed E-state index contributed by atoms with van der Waals surface area (Å²) >= 11 is 0. The van der Waals surface area contributed by atoms with Gasteiger partial charge in [0.2, 0.25) is 0 Å². The second kappa shape index (κ2) is 4.63. The molecule has 1 fully saturated rings. The molecule has 1 aliphatic heterocycles. The standard InChI is InChI=1S/C10H15N3O3/c1-12-2-4-13(5-3-12)6-8-7-16-9(11-8)10(14)15/h7H,2-6H2,1H3,(H,14,15). The highest BCUT2D eigenvalue weighted by Crippen LogP contribution is 2.08. The van der Waals surface area contributed by atoms with Gasteiger partial charge in [0, 0.05) is 32.7 Å². The molecule has 1 aromatic rings. The number of piperazine rings is 1. The van der Waals surface area contributed by atoms with E-state index in [9.17, 15) is 4.79 Å². The lowest BCUT2D eigenvalue weighted by Gasteiger charge is -2.31. The third-order valence-corrected chi connectivity index (χ3v) is 2.72. The molecule has 1 aliphatic rings. The van der Waals surface area contributed by atoms with Crippen molar-refractivity contribution in [1.82, 2.24) is 14.8 Å². The summed E-state index contributed by atoms with van der Waals surface area (Å²) in [6, 6.07) is 0. The first kappa shape index (κ1) is 11.1. The van der Waals surface area contributed by atoms with Gasteiger partial charge in [0.1, 0.15) is 6.26 Å². The zero-order valence-electron chi connectivity index (χ0n) is 9.22. The van der Waals surface area contributed by atoms with Crippen LogP contribution in [-0.4, -0.2) is 59.1 Å². The molecule has 16 heavy (non-hydrogen) atoms. The number of carboxylic acids is 1. The second-order valence-corrected chi connectivity index (χ2v) is 4.03. The van der Waals surface area contributed by atoms with Crippen molar-refractivity contribution >= 4 is 5.97 Å². The summed E-state index contributed by atoms with van der Waals surface area (Å²) in [5.41, 5.74) is 0.682. The second-order valence-electron chi connectivity index (χ2n) is 4.03. The first-order chi connectivity index (χ1) is 7.65. The van der Waals surface area contributed by atoms with Crippen LogP contribution >= 0.6 is 0 Å². The number of oxazole rings is 1. The van der Waals surface area contributed by atoms with Gasteiger partial charge >= 0.3 is 11.9 Å². The van der Waals surface area contributed by atoms with Crippen molar-refractivity contribution in [3.05, 3.63) is 17.8 Å². The van der Waals surface area contributed by atoms with E-state index >= 15 is 0 Å². The van der Waals surface area contributed by atoms with E-state index in [-0.39, 0.29) is 5.89 Å². The van der Waals surface area contributed by atoms with E-state index in [0.717, 1.165) is 26.2 Å². The van der Waals surface area contributed by atoms with Crippen molar-refractivity contribution in [1.29, 1.82) is 0 Å². The molecule has 2 rings (SSSR count). The zero-order valence-corrected chi connectivity index (χ0v) is 9.22. The quantitative estimate of drug-likeness (QED) is 0.788. The molecule has 6 nitrogen and oxygen atoms in total. The van der Waals surface area contributed by atoms with Crippen LogP contribution in [0.4, 0.5) is 0 Å². The van der Waals surface area contributed by atoms with Gasteiger partial charge < -0.3 is 14.4 Å². The fraction of sp³-hybridized carbons (Fsp3) is 0.600. The third-order valence-electron chi connectivity index (χ3n) is 2.72. The van der Waals surface area contributed by atoms with E-state index in [1.54, 1.807) is 0 Å². The molecule has 0 aromatic carbocycles. The molecule has 0 spiro atoms. The summed E-state index contributed by atoms with van der Waals surface area (Å²) < 4.78 is 4.84. The summed E-state index contributed by atoms with van der Waals surface area (Å²) in [6.45, 7) is 4.68. The predicted molar refractivity (Wildman–Crippen MR) is 56.2 cm³/mol. The number of carboxylic acid groups (broad SMARTS) is 1. The minimum atomic E-state index is -1.12. The smallest absolute Gasteiger partial charge is 0.392 e. The maximum Gasteiger partial charge on any atom is 0.392 e. The molecule has 0 saturated carbocycles. The van der Waals surface area contributed by atoms with Crippen molar-refractivity contribution in [3.8, 4) is 0 Å². The number of hydrogen-bond acceptors (Lipinski definition) is 5. The third kappa shape index (κ3) is 2.59. The number of carbonyl (C=O) groups is 1. The fourth-order valence-corrected chi connectivity index (χ4v) is 1.71. The molecule has 0 amide bonds. The Morgan fingerprint density at radius 3 is 2.75 bits per heavy atom. The zero-order chi connectivity index (χ0) is 11.5. The van der Waals surface area contributed by atoms with Crippen LogP contribution in [0.15, 0.2) is 10.7 Å². The summed E-state index contributed by atoms with van der Waals surface area (Å²) in [5.74, 6) is -1.35. The molecule has 0 aliphatic carbocycles. The van der Waals surface area contributed by atoms with Crippen LogP contribution in [0.1, 0.15) is 16.4 Å².